The number of aromatic nitrogens is 2. The maximum absolute atomic E-state index is 4.33. The SMILES string of the molecule is CCCCCCCNCc1cn(C)nc1C. The largest absolute Gasteiger partial charge is 0.313 e. The van der Waals surface area contributed by atoms with Gasteiger partial charge >= 0.3 is 0 Å². The van der Waals surface area contributed by atoms with E-state index < -0.39 is 0 Å². The van der Waals surface area contributed by atoms with E-state index in [1.54, 1.807) is 0 Å². The molecule has 0 fully saturated rings. The average molecular weight is 223 g/mol. The van der Waals surface area contributed by atoms with Gasteiger partial charge in [0.1, 0.15) is 0 Å². The molecule has 0 unspecified atom stereocenters. The first-order valence-corrected chi connectivity index (χ1v) is 6.44. The fourth-order valence-corrected chi connectivity index (χ4v) is 1.90. The minimum atomic E-state index is 0.952. The second-order valence-electron chi connectivity index (χ2n) is 4.50. The van der Waals surface area contributed by atoms with Crippen molar-refractivity contribution in [1.82, 2.24) is 15.1 Å². The van der Waals surface area contributed by atoms with Gasteiger partial charge in [0.15, 0.2) is 0 Å². The molecule has 0 amide bonds. The minimum Gasteiger partial charge on any atom is -0.313 e. The molecule has 1 rings (SSSR count). The van der Waals surface area contributed by atoms with Gasteiger partial charge in [-0.2, -0.15) is 5.10 Å². The highest BCUT2D eigenvalue weighted by Crippen LogP contribution is 2.04. The lowest BCUT2D eigenvalue weighted by Crippen LogP contribution is -2.14. The number of hydrogen-bond acceptors (Lipinski definition) is 2. The molecule has 0 aliphatic heterocycles. The van der Waals surface area contributed by atoms with E-state index in [0.717, 1.165) is 18.8 Å². The number of rotatable bonds is 8. The normalized spacial score (nSPS) is 10.9. The zero-order valence-electron chi connectivity index (χ0n) is 10.9. The lowest BCUT2D eigenvalue weighted by atomic mass is 10.1. The molecule has 0 aromatic carbocycles. The van der Waals surface area contributed by atoms with E-state index in [9.17, 15) is 0 Å². The van der Waals surface area contributed by atoms with Crippen LogP contribution in [0, 0.1) is 6.92 Å². The molecule has 0 radical (unpaired) electrons. The average Bonchev–Trinajstić information content (AvgIpc) is 2.56. The van der Waals surface area contributed by atoms with Crippen LogP contribution in [0.4, 0.5) is 0 Å². The van der Waals surface area contributed by atoms with E-state index in [2.05, 4.69) is 30.5 Å². The van der Waals surface area contributed by atoms with E-state index >= 15 is 0 Å². The Bertz CT molecular complexity index is 291. The Balaban J connectivity index is 2.05. The van der Waals surface area contributed by atoms with Crippen molar-refractivity contribution in [2.75, 3.05) is 6.54 Å². The molecule has 1 N–H and O–H groups in total. The lowest BCUT2D eigenvalue weighted by Gasteiger charge is -2.03. The molecule has 0 aliphatic carbocycles. The highest BCUT2D eigenvalue weighted by atomic mass is 15.2. The van der Waals surface area contributed by atoms with Crippen LogP contribution in [0.3, 0.4) is 0 Å². The fourth-order valence-electron chi connectivity index (χ4n) is 1.90. The van der Waals surface area contributed by atoms with Crippen LogP contribution in [0.2, 0.25) is 0 Å². The molecule has 0 aliphatic rings. The van der Waals surface area contributed by atoms with Crippen molar-refractivity contribution in [3.8, 4) is 0 Å². The van der Waals surface area contributed by atoms with Crippen LogP contribution in [0.25, 0.3) is 0 Å². The van der Waals surface area contributed by atoms with E-state index in [1.807, 2.05) is 11.7 Å². The smallest absolute Gasteiger partial charge is 0.0638 e. The molecule has 0 spiro atoms. The number of aryl methyl sites for hydroxylation is 2. The van der Waals surface area contributed by atoms with E-state index in [-0.39, 0.29) is 0 Å². The zero-order chi connectivity index (χ0) is 11.8. The summed E-state index contributed by atoms with van der Waals surface area (Å²) in [7, 11) is 1.97. The summed E-state index contributed by atoms with van der Waals surface area (Å²) in [4.78, 5) is 0. The predicted octanol–water partition coefficient (Wildman–Crippen LogP) is 2.79. The zero-order valence-corrected chi connectivity index (χ0v) is 10.9. The Morgan fingerprint density at radius 3 is 2.62 bits per heavy atom. The van der Waals surface area contributed by atoms with Crippen molar-refractivity contribution in [2.45, 2.75) is 52.5 Å². The predicted molar refractivity (Wildman–Crippen MR) is 68.4 cm³/mol. The van der Waals surface area contributed by atoms with Crippen LogP contribution in [0.5, 0.6) is 0 Å². The molecule has 3 nitrogen and oxygen atoms in total. The number of nitrogens with zero attached hydrogens (tertiary/aromatic N) is 2. The number of hydrogen-bond donors (Lipinski definition) is 1. The first-order valence-electron chi connectivity index (χ1n) is 6.44. The Morgan fingerprint density at radius 2 is 2.00 bits per heavy atom. The number of unbranched alkanes of at least 4 members (excludes halogenated alkanes) is 4. The van der Waals surface area contributed by atoms with Crippen molar-refractivity contribution >= 4 is 0 Å². The third-order valence-electron chi connectivity index (χ3n) is 2.89. The molecule has 3 heteroatoms. The van der Waals surface area contributed by atoms with Crippen LogP contribution in [-0.2, 0) is 13.6 Å². The monoisotopic (exact) mass is 223 g/mol. The molecule has 0 saturated carbocycles. The molecule has 16 heavy (non-hydrogen) atoms. The van der Waals surface area contributed by atoms with E-state index in [4.69, 9.17) is 0 Å². The van der Waals surface area contributed by atoms with Crippen LogP contribution >= 0.6 is 0 Å². The van der Waals surface area contributed by atoms with Crippen molar-refractivity contribution in [2.24, 2.45) is 7.05 Å². The van der Waals surface area contributed by atoms with Gasteiger partial charge in [0.2, 0.25) is 0 Å². The van der Waals surface area contributed by atoms with E-state index in [0.29, 0.717) is 0 Å². The molecule has 1 aromatic heterocycles. The quantitative estimate of drug-likeness (QED) is 0.687. The van der Waals surface area contributed by atoms with Gasteiger partial charge in [-0.25, -0.2) is 0 Å². The molecule has 0 saturated heterocycles. The summed E-state index contributed by atoms with van der Waals surface area (Å²) in [6.07, 6.45) is 8.82. The van der Waals surface area contributed by atoms with Gasteiger partial charge in [-0.3, -0.25) is 4.68 Å². The van der Waals surface area contributed by atoms with Crippen molar-refractivity contribution in [3.63, 3.8) is 0 Å². The summed E-state index contributed by atoms with van der Waals surface area (Å²) in [5, 5.41) is 7.81. The Kier molecular flexibility index (Phi) is 6.16. The first-order chi connectivity index (χ1) is 7.74. The van der Waals surface area contributed by atoms with Gasteiger partial charge in [0.25, 0.3) is 0 Å². The molecule has 92 valence electrons. The summed E-state index contributed by atoms with van der Waals surface area (Å²) in [6.45, 7) is 6.40. The van der Waals surface area contributed by atoms with Gasteiger partial charge < -0.3 is 5.32 Å². The van der Waals surface area contributed by atoms with Crippen LogP contribution < -0.4 is 5.32 Å². The molecule has 1 heterocycles. The second kappa shape index (κ2) is 7.44. The standard InChI is InChI=1S/C13H25N3/c1-4-5-6-7-8-9-14-10-13-11-16(3)15-12(13)2/h11,14H,4-10H2,1-3H3. The Morgan fingerprint density at radius 1 is 1.25 bits per heavy atom. The fraction of sp³-hybridized carbons (Fsp3) is 0.769. The maximum atomic E-state index is 4.33. The summed E-state index contributed by atoms with van der Waals surface area (Å²) >= 11 is 0. The second-order valence-corrected chi connectivity index (χ2v) is 4.50. The lowest BCUT2D eigenvalue weighted by molar-refractivity contribution is 0.583. The van der Waals surface area contributed by atoms with Gasteiger partial charge in [-0.05, 0) is 19.9 Å². The van der Waals surface area contributed by atoms with Crippen LogP contribution in [-0.4, -0.2) is 16.3 Å². The van der Waals surface area contributed by atoms with E-state index in [1.165, 1.54) is 37.7 Å². The molecular weight excluding hydrogens is 198 g/mol. The Labute approximate surface area is 99.2 Å². The summed E-state index contributed by atoms with van der Waals surface area (Å²) in [5.41, 5.74) is 2.46. The highest BCUT2D eigenvalue weighted by molar-refractivity contribution is 5.14. The maximum Gasteiger partial charge on any atom is 0.0638 e. The van der Waals surface area contributed by atoms with Crippen molar-refractivity contribution < 1.29 is 0 Å². The topological polar surface area (TPSA) is 29.9 Å². The van der Waals surface area contributed by atoms with Crippen molar-refractivity contribution in [1.29, 1.82) is 0 Å². The van der Waals surface area contributed by atoms with Crippen molar-refractivity contribution in [3.05, 3.63) is 17.5 Å². The number of nitrogens with one attached hydrogen (secondary N) is 1. The molecular formula is C13H25N3. The summed E-state index contributed by atoms with van der Waals surface area (Å²) in [6, 6.07) is 0. The molecule has 0 atom stereocenters. The van der Waals surface area contributed by atoms with Gasteiger partial charge in [0.05, 0.1) is 5.69 Å². The van der Waals surface area contributed by atoms with Crippen LogP contribution in [0.1, 0.15) is 50.3 Å². The van der Waals surface area contributed by atoms with Crippen LogP contribution in [0.15, 0.2) is 6.20 Å². The van der Waals surface area contributed by atoms with Gasteiger partial charge in [0, 0.05) is 25.4 Å². The first kappa shape index (κ1) is 13.2. The minimum absolute atomic E-state index is 0.952. The van der Waals surface area contributed by atoms with Gasteiger partial charge in [-0.15, -0.1) is 0 Å². The highest BCUT2D eigenvalue weighted by Gasteiger charge is 2.01. The molecule has 0 bridgehead atoms. The van der Waals surface area contributed by atoms with Gasteiger partial charge in [-0.1, -0.05) is 32.6 Å². The third-order valence-corrected chi connectivity index (χ3v) is 2.89. The molecule has 1 aromatic rings. The summed E-state index contributed by atoms with van der Waals surface area (Å²) < 4.78 is 1.88. The Hall–Kier alpha value is -0.830. The summed E-state index contributed by atoms with van der Waals surface area (Å²) in [5.74, 6) is 0. The third kappa shape index (κ3) is 4.79.